The smallest absolute Gasteiger partial charge is 0.319 e. The van der Waals surface area contributed by atoms with Crippen LogP contribution in [0.3, 0.4) is 0 Å². The summed E-state index contributed by atoms with van der Waals surface area (Å²) in [5.74, 6) is -0.197. The molecule has 0 unspecified atom stereocenters. The van der Waals surface area contributed by atoms with Gasteiger partial charge in [0.25, 0.3) is 0 Å². The van der Waals surface area contributed by atoms with E-state index in [-0.39, 0.29) is 19.0 Å². The molecule has 0 fully saturated rings. The predicted molar refractivity (Wildman–Crippen MR) is 74.7 cm³/mol. The van der Waals surface area contributed by atoms with Crippen molar-refractivity contribution < 1.29 is 19.4 Å². The number of carboxylic acid groups (broad SMARTS) is 1. The van der Waals surface area contributed by atoms with Crippen LogP contribution in [0.2, 0.25) is 0 Å². The van der Waals surface area contributed by atoms with E-state index in [9.17, 15) is 9.59 Å². The average Bonchev–Trinajstić information content (AvgIpc) is 2.44. The van der Waals surface area contributed by atoms with Gasteiger partial charge in [-0.25, -0.2) is 4.79 Å². The van der Waals surface area contributed by atoms with Crippen molar-refractivity contribution in [3.63, 3.8) is 0 Å². The van der Waals surface area contributed by atoms with E-state index in [1.807, 2.05) is 24.3 Å². The van der Waals surface area contributed by atoms with Gasteiger partial charge >= 0.3 is 12.0 Å². The molecule has 0 atom stereocenters. The van der Waals surface area contributed by atoms with E-state index >= 15 is 0 Å². The maximum Gasteiger partial charge on any atom is 0.319 e. The molecule has 0 spiro atoms. The molecule has 0 saturated carbocycles. The summed E-state index contributed by atoms with van der Waals surface area (Å²) in [4.78, 5) is 25.5. The van der Waals surface area contributed by atoms with Crippen LogP contribution in [-0.4, -0.2) is 54.7 Å². The molecule has 1 aromatic carbocycles. The molecule has 20 heavy (non-hydrogen) atoms. The van der Waals surface area contributed by atoms with Crippen molar-refractivity contribution >= 4 is 12.0 Å². The van der Waals surface area contributed by atoms with Crippen LogP contribution in [0.4, 0.5) is 4.79 Å². The van der Waals surface area contributed by atoms with Crippen LogP contribution in [-0.2, 0) is 11.3 Å². The normalized spacial score (nSPS) is 9.95. The summed E-state index contributed by atoms with van der Waals surface area (Å²) in [5.41, 5.74) is 0.900. The molecule has 1 rings (SSSR count). The topological polar surface area (TPSA) is 70.1 Å². The molecule has 0 heterocycles. The second kappa shape index (κ2) is 7.37. The summed E-state index contributed by atoms with van der Waals surface area (Å²) >= 11 is 0. The predicted octanol–water partition coefficient (Wildman–Crippen LogP) is 1.65. The van der Waals surface area contributed by atoms with Gasteiger partial charge in [0, 0.05) is 26.2 Å². The number of carbonyl (C=O) groups excluding carboxylic acids is 1. The third-order valence-electron chi connectivity index (χ3n) is 2.91. The number of aliphatic carboxylic acids is 1. The van der Waals surface area contributed by atoms with Crippen molar-refractivity contribution in [2.75, 3.05) is 27.7 Å². The number of carboxylic acids is 1. The molecule has 0 aliphatic carbocycles. The number of carbonyl (C=O) groups is 2. The Bertz CT molecular complexity index is 476. The van der Waals surface area contributed by atoms with E-state index in [1.165, 1.54) is 9.80 Å². The van der Waals surface area contributed by atoms with E-state index in [2.05, 4.69) is 0 Å². The first kappa shape index (κ1) is 15.8. The minimum atomic E-state index is -0.919. The minimum Gasteiger partial charge on any atom is -0.496 e. The second-order valence-corrected chi connectivity index (χ2v) is 4.52. The molecule has 2 amide bonds. The van der Waals surface area contributed by atoms with Crippen LogP contribution < -0.4 is 4.74 Å². The van der Waals surface area contributed by atoms with Gasteiger partial charge in [-0.05, 0) is 6.07 Å². The fourth-order valence-corrected chi connectivity index (χ4v) is 1.81. The lowest BCUT2D eigenvalue weighted by atomic mass is 10.2. The zero-order valence-corrected chi connectivity index (χ0v) is 12.0. The molecule has 0 bridgehead atoms. The highest BCUT2D eigenvalue weighted by atomic mass is 16.5. The van der Waals surface area contributed by atoms with Gasteiger partial charge in [0.05, 0.1) is 20.1 Å². The molecule has 0 radical (unpaired) electrons. The first-order chi connectivity index (χ1) is 9.45. The molecule has 0 aliphatic heterocycles. The number of hydrogen-bond donors (Lipinski definition) is 1. The summed E-state index contributed by atoms with van der Waals surface area (Å²) in [6, 6.07) is 7.24. The van der Waals surface area contributed by atoms with E-state index < -0.39 is 5.97 Å². The van der Waals surface area contributed by atoms with Gasteiger partial charge in [-0.1, -0.05) is 18.2 Å². The number of methoxy groups -OCH3 is 1. The summed E-state index contributed by atoms with van der Waals surface area (Å²) in [5, 5.41) is 8.62. The number of amides is 2. The molecular weight excluding hydrogens is 260 g/mol. The molecule has 6 nitrogen and oxygen atoms in total. The van der Waals surface area contributed by atoms with E-state index in [0.717, 1.165) is 11.3 Å². The van der Waals surface area contributed by atoms with Crippen molar-refractivity contribution in [3.05, 3.63) is 29.8 Å². The lowest BCUT2D eigenvalue weighted by Gasteiger charge is -2.25. The molecule has 0 saturated heterocycles. The molecule has 0 aliphatic rings. The Morgan fingerprint density at radius 3 is 2.45 bits per heavy atom. The molecule has 0 aromatic heterocycles. The lowest BCUT2D eigenvalue weighted by Crippen LogP contribution is -2.39. The van der Waals surface area contributed by atoms with Crippen LogP contribution in [0, 0.1) is 0 Å². The number of urea groups is 1. The fourth-order valence-electron chi connectivity index (χ4n) is 1.81. The van der Waals surface area contributed by atoms with Gasteiger partial charge in [-0.15, -0.1) is 0 Å². The van der Waals surface area contributed by atoms with E-state index in [4.69, 9.17) is 9.84 Å². The van der Waals surface area contributed by atoms with E-state index in [0.29, 0.717) is 6.54 Å². The first-order valence-electron chi connectivity index (χ1n) is 6.25. The Morgan fingerprint density at radius 2 is 1.85 bits per heavy atom. The van der Waals surface area contributed by atoms with Crippen molar-refractivity contribution in [2.24, 2.45) is 0 Å². The highest BCUT2D eigenvalue weighted by Gasteiger charge is 2.16. The Morgan fingerprint density at radius 1 is 1.20 bits per heavy atom. The maximum atomic E-state index is 12.1. The summed E-state index contributed by atoms with van der Waals surface area (Å²) in [7, 11) is 4.84. The van der Waals surface area contributed by atoms with Crippen molar-refractivity contribution in [3.8, 4) is 5.75 Å². The number of benzene rings is 1. The van der Waals surface area contributed by atoms with Gasteiger partial charge in [-0.2, -0.15) is 0 Å². The van der Waals surface area contributed by atoms with Crippen molar-refractivity contribution in [1.29, 1.82) is 0 Å². The van der Waals surface area contributed by atoms with Gasteiger partial charge in [0.2, 0.25) is 0 Å². The average molecular weight is 280 g/mol. The van der Waals surface area contributed by atoms with Crippen LogP contribution in [0.25, 0.3) is 0 Å². The van der Waals surface area contributed by atoms with Crippen LogP contribution >= 0.6 is 0 Å². The number of ether oxygens (including phenoxy) is 1. The molecule has 110 valence electrons. The second-order valence-electron chi connectivity index (χ2n) is 4.52. The number of para-hydroxylation sites is 1. The van der Waals surface area contributed by atoms with Gasteiger partial charge in [0.1, 0.15) is 5.75 Å². The molecule has 6 heteroatoms. The third-order valence-corrected chi connectivity index (χ3v) is 2.91. The molecular formula is C14H20N2O4. The number of rotatable bonds is 6. The quantitative estimate of drug-likeness (QED) is 0.860. The molecule has 1 aromatic rings. The Labute approximate surface area is 118 Å². The van der Waals surface area contributed by atoms with Crippen molar-refractivity contribution in [2.45, 2.75) is 13.0 Å². The largest absolute Gasteiger partial charge is 0.496 e. The number of nitrogens with zero attached hydrogens (tertiary/aromatic N) is 2. The van der Waals surface area contributed by atoms with E-state index in [1.54, 1.807) is 21.2 Å². The van der Waals surface area contributed by atoms with Crippen LogP contribution in [0.1, 0.15) is 12.0 Å². The highest BCUT2D eigenvalue weighted by molar-refractivity contribution is 5.75. The molecule has 1 N–H and O–H groups in total. The van der Waals surface area contributed by atoms with Gasteiger partial charge in [-0.3, -0.25) is 4.79 Å². The Hall–Kier alpha value is -2.24. The van der Waals surface area contributed by atoms with Crippen molar-refractivity contribution in [1.82, 2.24) is 9.80 Å². The Kier molecular flexibility index (Phi) is 5.83. The maximum absolute atomic E-state index is 12.1. The van der Waals surface area contributed by atoms with Gasteiger partial charge < -0.3 is 19.6 Å². The monoisotopic (exact) mass is 280 g/mol. The van der Waals surface area contributed by atoms with Crippen LogP contribution in [0.15, 0.2) is 24.3 Å². The number of hydrogen-bond acceptors (Lipinski definition) is 3. The van der Waals surface area contributed by atoms with Crippen LogP contribution in [0.5, 0.6) is 5.75 Å². The highest BCUT2D eigenvalue weighted by Crippen LogP contribution is 2.19. The zero-order valence-electron chi connectivity index (χ0n) is 12.0. The SMILES string of the molecule is COc1ccccc1CN(C)C(=O)N(C)CCC(=O)O. The summed E-state index contributed by atoms with van der Waals surface area (Å²) in [6.07, 6.45) is -0.0647. The third kappa shape index (κ3) is 4.46. The Balaban J connectivity index is 2.63. The standard InChI is InChI=1S/C14H20N2O4/c1-15(9-8-13(17)18)14(19)16(2)10-11-6-4-5-7-12(11)20-3/h4-7H,8-10H2,1-3H3,(H,17,18). The summed E-state index contributed by atoms with van der Waals surface area (Å²) < 4.78 is 5.24. The van der Waals surface area contributed by atoms with Gasteiger partial charge in [0.15, 0.2) is 0 Å². The zero-order chi connectivity index (χ0) is 15.1. The first-order valence-corrected chi connectivity index (χ1v) is 6.25. The fraction of sp³-hybridized carbons (Fsp3) is 0.429. The lowest BCUT2D eigenvalue weighted by molar-refractivity contribution is -0.137. The summed E-state index contributed by atoms with van der Waals surface area (Å²) in [6.45, 7) is 0.588. The minimum absolute atomic E-state index is 0.0647.